The van der Waals surface area contributed by atoms with Gasteiger partial charge in [-0.3, -0.25) is 4.79 Å². The number of hydrogen-bond donors (Lipinski definition) is 1. The van der Waals surface area contributed by atoms with Gasteiger partial charge in [-0.05, 0) is 42.0 Å². The molecule has 0 unspecified atom stereocenters. The number of anilines is 1. The second-order valence-corrected chi connectivity index (χ2v) is 9.50. The Hall–Kier alpha value is -4.07. The van der Waals surface area contributed by atoms with Crippen molar-refractivity contribution in [1.82, 2.24) is 19.9 Å². The Kier molecular flexibility index (Phi) is 7.77. The standard InChI is InChI=1S/C28H30N6O4/c1-37-23-16-34(17-23)27-13-19(4-8-31-27)12-26-30-9-5-24(32-26)20-2-3-25(21(14-20)15-29)38-22-6-10-33(11-7-22)28(36)18-35/h2-5,8-9,13-14,22-23,35H,6-7,10-12,16-18H2,1H3. The number of likely N-dealkylation sites (tertiary alicyclic amines) is 1. The van der Waals surface area contributed by atoms with E-state index in [1.165, 1.54) is 0 Å². The Bertz CT molecular complexity index is 1330. The van der Waals surface area contributed by atoms with Crippen LogP contribution in [0.4, 0.5) is 5.82 Å². The molecular formula is C28H30N6O4. The molecule has 0 spiro atoms. The first-order valence-corrected chi connectivity index (χ1v) is 12.7. The van der Waals surface area contributed by atoms with Crippen LogP contribution in [0.25, 0.3) is 11.3 Å². The van der Waals surface area contributed by atoms with Crippen molar-refractivity contribution in [3.05, 3.63) is 65.7 Å². The zero-order chi connectivity index (χ0) is 26.5. The Morgan fingerprint density at radius 3 is 2.63 bits per heavy atom. The van der Waals surface area contributed by atoms with Gasteiger partial charge in [-0.2, -0.15) is 5.26 Å². The van der Waals surface area contributed by atoms with E-state index in [1.807, 2.05) is 18.2 Å². The molecule has 0 saturated carbocycles. The summed E-state index contributed by atoms with van der Waals surface area (Å²) in [7, 11) is 1.73. The summed E-state index contributed by atoms with van der Waals surface area (Å²) in [6.07, 6.45) is 5.56. The van der Waals surface area contributed by atoms with Crippen LogP contribution in [0.5, 0.6) is 5.75 Å². The van der Waals surface area contributed by atoms with E-state index in [-0.39, 0.29) is 18.1 Å². The second-order valence-electron chi connectivity index (χ2n) is 9.50. The number of methoxy groups -OCH3 is 1. The number of carbonyl (C=O) groups is 1. The molecule has 0 radical (unpaired) electrons. The lowest BCUT2D eigenvalue weighted by Gasteiger charge is -2.39. The summed E-state index contributed by atoms with van der Waals surface area (Å²) in [5.41, 5.74) is 3.04. The molecule has 2 aliphatic heterocycles. The van der Waals surface area contributed by atoms with Gasteiger partial charge in [0, 0.05) is 70.5 Å². The number of nitrogens with zero attached hydrogens (tertiary/aromatic N) is 6. The highest BCUT2D eigenvalue weighted by Crippen LogP contribution is 2.28. The quantitative estimate of drug-likeness (QED) is 0.482. The third kappa shape index (κ3) is 5.74. The minimum atomic E-state index is -0.478. The van der Waals surface area contributed by atoms with Crippen LogP contribution in [0.15, 0.2) is 48.8 Å². The monoisotopic (exact) mass is 514 g/mol. The zero-order valence-electron chi connectivity index (χ0n) is 21.3. The number of pyridine rings is 1. The Morgan fingerprint density at radius 2 is 1.89 bits per heavy atom. The maximum absolute atomic E-state index is 11.7. The van der Waals surface area contributed by atoms with E-state index in [0.29, 0.717) is 49.5 Å². The summed E-state index contributed by atoms with van der Waals surface area (Å²) in [6, 6.07) is 13.6. The minimum Gasteiger partial charge on any atom is -0.489 e. The number of amides is 1. The number of aromatic nitrogens is 3. The maximum Gasteiger partial charge on any atom is 0.248 e. The summed E-state index contributed by atoms with van der Waals surface area (Å²) in [4.78, 5) is 29.2. The molecule has 196 valence electrons. The first kappa shape index (κ1) is 25.6. The summed E-state index contributed by atoms with van der Waals surface area (Å²) in [5, 5.41) is 18.8. The van der Waals surface area contributed by atoms with Gasteiger partial charge in [-0.1, -0.05) is 0 Å². The van der Waals surface area contributed by atoms with Crippen LogP contribution < -0.4 is 9.64 Å². The fraction of sp³-hybridized carbons (Fsp3) is 0.393. The number of aliphatic hydroxyl groups is 1. The average molecular weight is 515 g/mol. The van der Waals surface area contributed by atoms with E-state index in [4.69, 9.17) is 19.6 Å². The number of nitriles is 1. The van der Waals surface area contributed by atoms with Gasteiger partial charge in [-0.25, -0.2) is 15.0 Å². The zero-order valence-corrected chi connectivity index (χ0v) is 21.3. The molecule has 3 aromatic rings. The predicted octanol–water partition coefficient (Wildman–Crippen LogP) is 2.20. The van der Waals surface area contributed by atoms with Gasteiger partial charge in [0.1, 0.15) is 36.2 Å². The molecule has 10 heteroatoms. The maximum atomic E-state index is 11.7. The lowest BCUT2D eigenvalue weighted by Crippen LogP contribution is -2.52. The minimum absolute atomic E-state index is 0.0942. The normalized spacial score (nSPS) is 16.1. The molecule has 2 saturated heterocycles. The van der Waals surface area contributed by atoms with E-state index < -0.39 is 6.61 Å². The smallest absolute Gasteiger partial charge is 0.248 e. The van der Waals surface area contributed by atoms with Crippen molar-refractivity contribution in [2.75, 3.05) is 44.8 Å². The molecule has 0 aliphatic carbocycles. The van der Waals surface area contributed by atoms with Crippen LogP contribution in [-0.4, -0.2) is 83.0 Å². The number of carbonyl (C=O) groups excluding carboxylic acids is 1. The molecule has 2 fully saturated rings. The van der Waals surface area contributed by atoms with Gasteiger partial charge < -0.3 is 24.4 Å². The van der Waals surface area contributed by atoms with Crippen molar-refractivity contribution in [3.8, 4) is 23.1 Å². The number of aliphatic hydroxyl groups excluding tert-OH is 1. The van der Waals surface area contributed by atoms with Crippen LogP contribution in [0.2, 0.25) is 0 Å². The molecule has 1 N–H and O–H groups in total. The van der Waals surface area contributed by atoms with Gasteiger partial charge in [0.25, 0.3) is 0 Å². The van der Waals surface area contributed by atoms with Gasteiger partial charge in [0.2, 0.25) is 5.91 Å². The summed E-state index contributed by atoms with van der Waals surface area (Å²) in [6.45, 7) is 2.25. The van der Waals surface area contributed by atoms with Crippen molar-refractivity contribution < 1.29 is 19.4 Å². The largest absolute Gasteiger partial charge is 0.489 e. The molecule has 2 aliphatic rings. The lowest BCUT2D eigenvalue weighted by molar-refractivity contribution is -0.135. The van der Waals surface area contributed by atoms with Crippen LogP contribution in [-0.2, 0) is 16.0 Å². The SMILES string of the molecule is COC1CN(c2cc(Cc3nccc(-c4ccc(OC5CCN(C(=O)CO)CC5)c(C#N)c4)n3)ccn2)C1. The Balaban J connectivity index is 1.26. The third-order valence-corrected chi connectivity index (χ3v) is 7.00. The van der Waals surface area contributed by atoms with Crippen molar-refractivity contribution in [3.63, 3.8) is 0 Å². The number of hydrogen-bond acceptors (Lipinski definition) is 9. The van der Waals surface area contributed by atoms with Crippen molar-refractivity contribution in [2.45, 2.75) is 31.5 Å². The van der Waals surface area contributed by atoms with E-state index in [1.54, 1.807) is 36.5 Å². The molecule has 1 aromatic carbocycles. The number of ether oxygens (including phenoxy) is 2. The fourth-order valence-corrected chi connectivity index (χ4v) is 4.73. The highest BCUT2D eigenvalue weighted by atomic mass is 16.5. The van der Waals surface area contributed by atoms with E-state index in [2.05, 4.69) is 27.0 Å². The second kappa shape index (κ2) is 11.5. The Morgan fingerprint density at radius 1 is 1.11 bits per heavy atom. The van der Waals surface area contributed by atoms with Gasteiger partial charge in [-0.15, -0.1) is 0 Å². The highest BCUT2D eigenvalue weighted by molar-refractivity contribution is 5.77. The van der Waals surface area contributed by atoms with Crippen molar-refractivity contribution in [1.29, 1.82) is 5.26 Å². The molecule has 38 heavy (non-hydrogen) atoms. The van der Waals surface area contributed by atoms with Crippen LogP contribution in [0.3, 0.4) is 0 Å². The predicted molar refractivity (Wildman–Crippen MR) is 140 cm³/mol. The van der Waals surface area contributed by atoms with Crippen LogP contribution in [0, 0.1) is 11.3 Å². The fourth-order valence-electron chi connectivity index (χ4n) is 4.73. The van der Waals surface area contributed by atoms with Crippen LogP contribution in [0.1, 0.15) is 29.8 Å². The molecular weight excluding hydrogens is 484 g/mol. The first-order chi connectivity index (χ1) is 18.6. The number of rotatable bonds is 8. The van der Waals surface area contributed by atoms with E-state index >= 15 is 0 Å². The summed E-state index contributed by atoms with van der Waals surface area (Å²) in [5.74, 6) is 1.85. The third-order valence-electron chi connectivity index (χ3n) is 7.00. The van der Waals surface area contributed by atoms with Crippen LogP contribution >= 0.6 is 0 Å². The molecule has 5 rings (SSSR count). The molecule has 0 bridgehead atoms. The number of piperidine rings is 1. The van der Waals surface area contributed by atoms with Gasteiger partial charge in [0.15, 0.2) is 0 Å². The molecule has 10 nitrogen and oxygen atoms in total. The molecule has 2 aromatic heterocycles. The average Bonchev–Trinajstić information content (AvgIpc) is 2.93. The van der Waals surface area contributed by atoms with Crippen molar-refractivity contribution >= 4 is 11.7 Å². The number of benzene rings is 1. The summed E-state index contributed by atoms with van der Waals surface area (Å²) < 4.78 is 11.5. The molecule has 4 heterocycles. The van der Waals surface area contributed by atoms with E-state index in [9.17, 15) is 10.1 Å². The topological polar surface area (TPSA) is 125 Å². The molecule has 0 atom stereocenters. The lowest BCUT2D eigenvalue weighted by atomic mass is 10.1. The van der Waals surface area contributed by atoms with Crippen molar-refractivity contribution in [2.24, 2.45) is 0 Å². The first-order valence-electron chi connectivity index (χ1n) is 12.7. The van der Waals surface area contributed by atoms with Gasteiger partial charge >= 0.3 is 0 Å². The molecule has 1 amide bonds. The van der Waals surface area contributed by atoms with Gasteiger partial charge in [0.05, 0.1) is 17.4 Å². The summed E-state index contributed by atoms with van der Waals surface area (Å²) >= 11 is 0. The van der Waals surface area contributed by atoms with E-state index in [0.717, 1.165) is 35.7 Å². The Labute approximate surface area is 221 Å². The highest BCUT2D eigenvalue weighted by Gasteiger charge is 2.27.